The summed E-state index contributed by atoms with van der Waals surface area (Å²) >= 11 is 0. The third-order valence-electron chi connectivity index (χ3n) is 7.32. The number of aliphatic hydroxyl groups excluding tert-OH is 1. The maximum Gasteiger partial charge on any atom is 0.245 e. The summed E-state index contributed by atoms with van der Waals surface area (Å²) in [5.74, 6) is 0.848. The van der Waals surface area contributed by atoms with Gasteiger partial charge in [0, 0.05) is 62.4 Å². The number of piperazine rings is 1. The van der Waals surface area contributed by atoms with Crippen LogP contribution in [0.5, 0.6) is 0 Å². The number of rotatable bonds is 6. The standard InChI is InChI=1S/C28H32FN9O/c1-35-12-14-37(15-13-35)28-31-19-38(34-28)23-4-2-22(3-5-23)32-27-30-9-6-26(33-27)20-16-21(29)18-24(17-20)36-10-7-25(39)8-11-36/h2-6,9,16-19,25,39H,7-8,10-15H2,1H3,(H,30,32,33). The number of aliphatic hydroxyl groups is 1. The minimum Gasteiger partial charge on any atom is -0.393 e. The van der Waals surface area contributed by atoms with Crippen LogP contribution in [-0.2, 0) is 0 Å². The van der Waals surface area contributed by atoms with Crippen molar-refractivity contribution in [2.45, 2.75) is 18.9 Å². The fourth-order valence-corrected chi connectivity index (χ4v) is 4.97. The fraction of sp³-hybridized carbons (Fsp3) is 0.357. The molecule has 10 nitrogen and oxygen atoms in total. The predicted octanol–water partition coefficient (Wildman–Crippen LogP) is 3.32. The lowest BCUT2D eigenvalue weighted by Gasteiger charge is -2.31. The van der Waals surface area contributed by atoms with E-state index in [1.807, 2.05) is 30.3 Å². The van der Waals surface area contributed by atoms with E-state index in [4.69, 9.17) is 0 Å². The van der Waals surface area contributed by atoms with Gasteiger partial charge in [0.2, 0.25) is 11.9 Å². The number of aromatic nitrogens is 5. The molecule has 0 unspecified atom stereocenters. The van der Waals surface area contributed by atoms with Crippen LogP contribution in [0.2, 0.25) is 0 Å². The van der Waals surface area contributed by atoms with E-state index in [2.05, 4.69) is 47.1 Å². The topological polar surface area (TPSA) is 98.5 Å². The lowest BCUT2D eigenvalue weighted by atomic mass is 10.1. The molecule has 2 aliphatic heterocycles. The Hall–Kier alpha value is -4.09. The van der Waals surface area contributed by atoms with E-state index < -0.39 is 0 Å². The number of hydrogen-bond donors (Lipinski definition) is 2. The summed E-state index contributed by atoms with van der Waals surface area (Å²) in [6.45, 7) is 5.23. The largest absolute Gasteiger partial charge is 0.393 e. The summed E-state index contributed by atoms with van der Waals surface area (Å²) in [4.78, 5) is 20.1. The Morgan fingerprint density at radius 1 is 0.872 bits per heavy atom. The SMILES string of the molecule is CN1CCN(c2ncn(-c3ccc(Nc4nccc(-c5cc(F)cc(N6CCC(O)CC6)c5)n4)cc3)n2)CC1. The van der Waals surface area contributed by atoms with Crippen molar-refractivity contribution >= 4 is 23.3 Å². The molecule has 2 fully saturated rings. The number of hydrogen-bond acceptors (Lipinski definition) is 9. The van der Waals surface area contributed by atoms with Gasteiger partial charge in [-0.05, 0) is 68.4 Å². The molecule has 39 heavy (non-hydrogen) atoms. The number of halogens is 1. The van der Waals surface area contributed by atoms with Gasteiger partial charge in [-0.2, -0.15) is 4.98 Å². The molecular weight excluding hydrogens is 497 g/mol. The highest BCUT2D eigenvalue weighted by Gasteiger charge is 2.19. The number of anilines is 4. The van der Waals surface area contributed by atoms with Gasteiger partial charge in [0.1, 0.15) is 12.1 Å². The van der Waals surface area contributed by atoms with Gasteiger partial charge in [-0.3, -0.25) is 0 Å². The molecule has 0 aliphatic carbocycles. The van der Waals surface area contributed by atoms with E-state index in [0.29, 0.717) is 43.1 Å². The number of nitrogens with zero attached hydrogens (tertiary/aromatic N) is 8. The van der Waals surface area contributed by atoms with Crippen LogP contribution < -0.4 is 15.1 Å². The number of piperidine rings is 1. The summed E-state index contributed by atoms with van der Waals surface area (Å²) in [6, 6.07) is 14.5. The molecule has 0 saturated carbocycles. The summed E-state index contributed by atoms with van der Waals surface area (Å²) in [5.41, 5.74) is 3.83. The third kappa shape index (κ3) is 5.84. The van der Waals surface area contributed by atoms with Crippen molar-refractivity contribution in [3.8, 4) is 16.9 Å². The van der Waals surface area contributed by atoms with Gasteiger partial charge in [-0.1, -0.05) is 0 Å². The average molecular weight is 530 g/mol. The molecule has 0 radical (unpaired) electrons. The van der Waals surface area contributed by atoms with Crippen LogP contribution in [0.4, 0.5) is 27.7 Å². The first-order valence-electron chi connectivity index (χ1n) is 13.3. The van der Waals surface area contributed by atoms with E-state index in [0.717, 1.165) is 49.2 Å². The summed E-state index contributed by atoms with van der Waals surface area (Å²) in [7, 11) is 2.13. The molecule has 2 aromatic heterocycles. The Kier molecular flexibility index (Phi) is 7.08. The number of nitrogens with one attached hydrogen (secondary N) is 1. The van der Waals surface area contributed by atoms with Crippen LogP contribution >= 0.6 is 0 Å². The van der Waals surface area contributed by atoms with Crippen LogP contribution in [0.25, 0.3) is 16.9 Å². The normalized spacial score (nSPS) is 17.0. The molecular formula is C28H32FN9O. The van der Waals surface area contributed by atoms with Gasteiger partial charge in [0.15, 0.2) is 0 Å². The Morgan fingerprint density at radius 3 is 2.41 bits per heavy atom. The van der Waals surface area contributed by atoms with Crippen molar-refractivity contribution < 1.29 is 9.50 Å². The zero-order valence-corrected chi connectivity index (χ0v) is 21.9. The van der Waals surface area contributed by atoms with Crippen molar-refractivity contribution in [3.63, 3.8) is 0 Å². The lowest BCUT2D eigenvalue weighted by molar-refractivity contribution is 0.145. The molecule has 0 spiro atoms. The Morgan fingerprint density at radius 2 is 1.64 bits per heavy atom. The monoisotopic (exact) mass is 529 g/mol. The summed E-state index contributed by atoms with van der Waals surface area (Å²) < 4.78 is 16.3. The third-order valence-corrected chi connectivity index (χ3v) is 7.32. The Balaban J connectivity index is 1.15. The molecule has 4 heterocycles. The minimum atomic E-state index is -0.318. The van der Waals surface area contributed by atoms with Crippen LogP contribution in [-0.4, -0.2) is 87.2 Å². The quantitative estimate of drug-likeness (QED) is 0.390. The molecule has 11 heteroatoms. The predicted molar refractivity (Wildman–Crippen MR) is 149 cm³/mol. The van der Waals surface area contributed by atoms with Gasteiger partial charge < -0.3 is 25.1 Å². The highest BCUT2D eigenvalue weighted by atomic mass is 19.1. The smallest absolute Gasteiger partial charge is 0.245 e. The first-order chi connectivity index (χ1) is 19.0. The van der Waals surface area contributed by atoms with Crippen LogP contribution in [0.15, 0.2) is 61.1 Å². The molecule has 202 valence electrons. The van der Waals surface area contributed by atoms with Crippen LogP contribution in [0, 0.1) is 5.82 Å². The Labute approximate surface area is 226 Å². The van der Waals surface area contributed by atoms with E-state index in [9.17, 15) is 9.50 Å². The van der Waals surface area contributed by atoms with Crippen molar-refractivity contribution in [1.82, 2.24) is 29.6 Å². The number of benzene rings is 2. The maximum absolute atomic E-state index is 14.5. The van der Waals surface area contributed by atoms with Gasteiger partial charge >= 0.3 is 0 Å². The second-order valence-electron chi connectivity index (χ2n) is 10.1. The molecule has 6 rings (SSSR count). The summed E-state index contributed by atoms with van der Waals surface area (Å²) in [6.07, 6.45) is 4.48. The number of likely N-dealkylation sites (N-methyl/N-ethyl adjacent to an activating group) is 1. The molecule has 0 bridgehead atoms. The second-order valence-corrected chi connectivity index (χ2v) is 10.1. The van der Waals surface area contributed by atoms with Crippen molar-refractivity contribution in [2.24, 2.45) is 0 Å². The van der Waals surface area contributed by atoms with Gasteiger partial charge in [-0.15, -0.1) is 5.10 Å². The second kappa shape index (κ2) is 11.0. The van der Waals surface area contributed by atoms with Crippen molar-refractivity contribution in [3.05, 3.63) is 66.9 Å². The van der Waals surface area contributed by atoms with Gasteiger partial charge in [0.05, 0.1) is 17.5 Å². The van der Waals surface area contributed by atoms with E-state index in [-0.39, 0.29) is 11.9 Å². The molecule has 0 amide bonds. The highest BCUT2D eigenvalue weighted by Crippen LogP contribution is 2.28. The molecule has 0 atom stereocenters. The molecule has 4 aromatic rings. The van der Waals surface area contributed by atoms with E-state index >= 15 is 0 Å². The molecule has 2 saturated heterocycles. The van der Waals surface area contributed by atoms with Crippen LogP contribution in [0.3, 0.4) is 0 Å². The summed E-state index contributed by atoms with van der Waals surface area (Å²) in [5, 5.41) is 17.7. The van der Waals surface area contributed by atoms with Crippen molar-refractivity contribution in [2.75, 3.05) is 61.4 Å². The van der Waals surface area contributed by atoms with E-state index in [1.165, 1.54) is 12.1 Å². The first-order valence-corrected chi connectivity index (χ1v) is 13.3. The van der Waals surface area contributed by atoms with E-state index in [1.54, 1.807) is 23.3 Å². The molecule has 2 N–H and O–H groups in total. The fourth-order valence-electron chi connectivity index (χ4n) is 4.97. The zero-order valence-electron chi connectivity index (χ0n) is 21.9. The van der Waals surface area contributed by atoms with Crippen LogP contribution in [0.1, 0.15) is 12.8 Å². The zero-order chi connectivity index (χ0) is 26.8. The molecule has 2 aliphatic rings. The van der Waals surface area contributed by atoms with Gasteiger partial charge in [0.25, 0.3) is 0 Å². The average Bonchev–Trinajstić information content (AvgIpc) is 3.44. The molecule has 2 aromatic carbocycles. The van der Waals surface area contributed by atoms with Gasteiger partial charge in [-0.25, -0.2) is 19.0 Å². The highest BCUT2D eigenvalue weighted by molar-refractivity contribution is 5.67. The lowest BCUT2D eigenvalue weighted by Crippen LogP contribution is -2.45. The minimum absolute atomic E-state index is 0.283. The maximum atomic E-state index is 14.5. The Bertz CT molecular complexity index is 1410. The first kappa shape index (κ1) is 25.2. The van der Waals surface area contributed by atoms with Crippen molar-refractivity contribution in [1.29, 1.82) is 0 Å².